The van der Waals surface area contributed by atoms with Crippen LogP contribution in [0.4, 0.5) is 4.79 Å². The molecular weight excluding hydrogens is 459 g/mol. The third kappa shape index (κ3) is 6.54. The number of carbonyl (C=O) groups is 1. The highest BCUT2D eigenvalue weighted by Crippen LogP contribution is 2.13. The summed E-state index contributed by atoms with van der Waals surface area (Å²) in [7, 11) is 1.95. The number of nitrogens with zero attached hydrogens (tertiary/aromatic N) is 5. The Bertz CT molecular complexity index is 672. The molecule has 2 rings (SSSR count). The normalized spacial score (nSPS) is 15.6. The van der Waals surface area contributed by atoms with Crippen molar-refractivity contribution in [3.63, 3.8) is 0 Å². The van der Waals surface area contributed by atoms with Crippen molar-refractivity contribution in [1.29, 1.82) is 0 Å². The first-order valence-corrected chi connectivity index (χ1v) is 9.10. The minimum atomic E-state index is -0.475. The fraction of sp³-hybridized carbons (Fsp3) is 0.722. The molecule has 1 amide bonds. The van der Waals surface area contributed by atoms with Crippen LogP contribution in [0.5, 0.6) is 0 Å². The zero-order chi connectivity index (χ0) is 19.5. The molecule has 1 aliphatic heterocycles. The van der Waals surface area contributed by atoms with E-state index in [4.69, 9.17) is 10.5 Å². The van der Waals surface area contributed by atoms with Gasteiger partial charge < -0.3 is 20.3 Å². The maximum Gasteiger partial charge on any atom is 0.410 e. The van der Waals surface area contributed by atoms with Crippen molar-refractivity contribution < 1.29 is 9.53 Å². The summed E-state index contributed by atoms with van der Waals surface area (Å²) < 4.78 is 7.31. The number of carbonyl (C=O) groups excluding carboxylic acids is 1. The molecule has 0 spiro atoms. The van der Waals surface area contributed by atoms with Crippen LogP contribution in [0, 0.1) is 13.8 Å². The minimum absolute atomic E-state index is 0. The van der Waals surface area contributed by atoms with E-state index in [-0.39, 0.29) is 30.1 Å². The van der Waals surface area contributed by atoms with Crippen molar-refractivity contribution in [2.45, 2.75) is 46.6 Å². The standard InChI is InChI=1S/C18H32N6O2.HI/c1-13-15(14(2)22(6)21-13)7-8-20-16(19)23-9-11-24(12-10-23)17(25)26-18(3,4)5;/h7-12H2,1-6H3,(H2,19,20);1H. The molecule has 1 aromatic rings. The van der Waals surface area contributed by atoms with Gasteiger partial charge in [0.15, 0.2) is 5.96 Å². The summed E-state index contributed by atoms with van der Waals surface area (Å²) in [4.78, 5) is 20.4. The lowest BCUT2D eigenvalue weighted by Crippen LogP contribution is -2.53. The number of hydrogen-bond donors (Lipinski definition) is 1. The Morgan fingerprint density at radius 1 is 1.19 bits per heavy atom. The van der Waals surface area contributed by atoms with E-state index < -0.39 is 5.60 Å². The highest BCUT2D eigenvalue weighted by molar-refractivity contribution is 14.0. The molecule has 1 saturated heterocycles. The highest BCUT2D eigenvalue weighted by Gasteiger charge is 2.26. The summed E-state index contributed by atoms with van der Waals surface area (Å²) in [5, 5.41) is 4.43. The smallest absolute Gasteiger partial charge is 0.410 e. The van der Waals surface area contributed by atoms with Gasteiger partial charge in [-0.05, 0) is 46.6 Å². The number of nitrogens with two attached hydrogens (primary N) is 1. The Balaban J connectivity index is 0.00000364. The number of aromatic nitrogens is 2. The topological polar surface area (TPSA) is 89.0 Å². The van der Waals surface area contributed by atoms with Crippen LogP contribution in [-0.4, -0.2) is 70.0 Å². The number of halogens is 1. The molecule has 0 aromatic carbocycles. The third-order valence-electron chi connectivity index (χ3n) is 4.55. The second kappa shape index (κ2) is 9.61. The van der Waals surface area contributed by atoms with Crippen molar-refractivity contribution in [2.24, 2.45) is 17.8 Å². The molecule has 27 heavy (non-hydrogen) atoms. The van der Waals surface area contributed by atoms with Crippen molar-refractivity contribution in [3.8, 4) is 0 Å². The average Bonchev–Trinajstić information content (AvgIpc) is 2.79. The number of ether oxygens (including phenoxy) is 1. The SMILES string of the molecule is Cc1nn(C)c(C)c1CCN=C(N)N1CCN(C(=O)OC(C)(C)C)CC1.I. The fourth-order valence-corrected chi connectivity index (χ4v) is 3.01. The van der Waals surface area contributed by atoms with Crippen molar-refractivity contribution >= 4 is 36.0 Å². The van der Waals surface area contributed by atoms with Gasteiger partial charge in [0.25, 0.3) is 0 Å². The molecule has 1 aromatic heterocycles. The summed E-state index contributed by atoms with van der Waals surface area (Å²) in [5.41, 5.74) is 9.11. The Labute approximate surface area is 179 Å². The zero-order valence-electron chi connectivity index (χ0n) is 17.3. The van der Waals surface area contributed by atoms with E-state index in [9.17, 15) is 4.79 Å². The molecule has 1 aliphatic rings. The second-order valence-electron chi connectivity index (χ2n) is 7.72. The number of amides is 1. The molecule has 0 bridgehead atoms. The highest BCUT2D eigenvalue weighted by atomic mass is 127. The number of guanidine groups is 1. The quantitative estimate of drug-likeness (QED) is 0.397. The second-order valence-corrected chi connectivity index (χ2v) is 7.72. The van der Waals surface area contributed by atoms with Crippen LogP contribution in [0.1, 0.15) is 37.7 Å². The van der Waals surface area contributed by atoms with E-state index in [0.29, 0.717) is 38.7 Å². The van der Waals surface area contributed by atoms with Crippen LogP contribution in [0.25, 0.3) is 0 Å². The molecule has 0 saturated carbocycles. The van der Waals surface area contributed by atoms with E-state index >= 15 is 0 Å². The van der Waals surface area contributed by atoms with E-state index in [0.717, 1.165) is 12.1 Å². The lowest BCUT2D eigenvalue weighted by molar-refractivity contribution is 0.0186. The van der Waals surface area contributed by atoms with Gasteiger partial charge >= 0.3 is 6.09 Å². The van der Waals surface area contributed by atoms with Crippen molar-refractivity contribution in [3.05, 3.63) is 17.0 Å². The van der Waals surface area contributed by atoms with Gasteiger partial charge in [-0.1, -0.05) is 0 Å². The summed E-state index contributed by atoms with van der Waals surface area (Å²) in [5.74, 6) is 0.535. The molecule has 1 fully saturated rings. The van der Waals surface area contributed by atoms with Crippen LogP contribution in [0.15, 0.2) is 4.99 Å². The first-order valence-electron chi connectivity index (χ1n) is 9.10. The largest absolute Gasteiger partial charge is 0.444 e. The van der Waals surface area contributed by atoms with Crippen LogP contribution in [0.2, 0.25) is 0 Å². The minimum Gasteiger partial charge on any atom is -0.444 e. The summed E-state index contributed by atoms with van der Waals surface area (Å²) in [6.07, 6.45) is 0.555. The van der Waals surface area contributed by atoms with Gasteiger partial charge in [0, 0.05) is 45.5 Å². The molecule has 0 aliphatic carbocycles. The average molecular weight is 492 g/mol. The molecule has 8 nitrogen and oxygen atoms in total. The molecule has 0 unspecified atom stereocenters. The Morgan fingerprint density at radius 2 is 1.74 bits per heavy atom. The van der Waals surface area contributed by atoms with Gasteiger partial charge in [-0.3, -0.25) is 9.67 Å². The Kier molecular flexibility index (Phi) is 8.37. The van der Waals surface area contributed by atoms with Crippen LogP contribution in [0.3, 0.4) is 0 Å². The molecule has 0 atom stereocenters. The Hall–Kier alpha value is -1.52. The van der Waals surface area contributed by atoms with Crippen LogP contribution < -0.4 is 5.73 Å². The van der Waals surface area contributed by atoms with Gasteiger partial charge in [-0.2, -0.15) is 5.10 Å². The fourth-order valence-electron chi connectivity index (χ4n) is 3.01. The predicted octanol–water partition coefficient (Wildman–Crippen LogP) is 2.06. The summed E-state index contributed by atoms with van der Waals surface area (Å²) >= 11 is 0. The maximum atomic E-state index is 12.1. The third-order valence-corrected chi connectivity index (χ3v) is 4.55. The Morgan fingerprint density at radius 3 is 2.22 bits per heavy atom. The number of aliphatic imine (C=N–C) groups is 1. The lowest BCUT2D eigenvalue weighted by Gasteiger charge is -2.36. The van der Waals surface area contributed by atoms with Gasteiger partial charge in [0.1, 0.15) is 5.60 Å². The maximum absolute atomic E-state index is 12.1. The lowest BCUT2D eigenvalue weighted by atomic mass is 10.1. The monoisotopic (exact) mass is 492 g/mol. The zero-order valence-corrected chi connectivity index (χ0v) is 19.6. The molecule has 2 heterocycles. The number of rotatable bonds is 3. The van der Waals surface area contributed by atoms with Crippen LogP contribution >= 0.6 is 24.0 Å². The molecule has 9 heteroatoms. The van der Waals surface area contributed by atoms with Gasteiger partial charge in [0.05, 0.1) is 5.69 Å². The van der Waals surface area contributed by atoms with E-state index in [1.165, 1.54) is 11.3 Å². The van der Waals surface area contributed by atoms with Gasteiger partial charge in [0.2, 0.25) is 0 Å². The van der Waals surface area contributed by atoms with Crippen molar-refractivity contribution in [2.75, 3.05) is 32.7 Å². The molecule has 0 radical (unpaired) electrons. The first kappa shape index (κ1) is 23.5. The van der Waals surface area contributed by atoms with Crippen molar-refractivity contribution in [1.82, 2.24) is 19.6 Å². The van der Waals surface area contributed by atoms with Gasteiger partial charge in [-0.15, -0.1) is 24.0 Å². The first-order chi connectivity index (χ1) is 12.1. The number of piperazine rings is 1. The summed E-state index contributed by atoms with van der Waals surface area (Å²) in [6.45, 7) is 12.8. The molecule has 154 valence electrons. The van der Waals surface area contributed by atoms with Crippen LogP contribution in [-0.2, 0) is 18.2 Å². The molecular formula is C18H33IN6O2. The number of aryl methyl sites for hydroxylation is 2. The summed E-state index contributed by atoms with van der Waals surface area (Å²) in [6, 6.07) is 0. The van der Waals surface area contributed by atoms with E-state index in [2.05, 4.69) is 17.0 Å². The molecule has 2 N–H and O–H groups in total. The number of hydrogen-bond acceptors (Lipinski definition) is 4. The predicted molar refractivity (Wildman–Crippen MR) is 118 cm³/mol. The van der Waals surface area contributed by atoms with Gasteiger partial charge in [-0.25, -0.2) is 4.79 Å². The van der Waals surface area contributed by atoms with E-state index in [1.807, 2.05) is 44.3 Å². The van der Waals surface area contributed by atoms with E-state index in [1.54, 1.807) is 4.90 Å².